The van der Waals surface area contributed by atoms with Crippen LogP contribution in [0.2, 0.25) is 0 Å². The van der Waals surface area contributed by atoms with E-state index in [9.17, 15) is 9.59 Å². The Morgan fingerprint density at radius 2 is 2.24 bits per heavy atom. The number of fused-ring (bicyclic) bond motifs is 1. The van der Waals surface area contributed by atoms with Crippen LogP contribution < -0.4 is 5.32 Å². The zero-order chi connectivity index (χ0) is 14.8. The molecular weight excluding hydrogens is 286 g/mol. The fourth-order valence-corrected chi connectivity index (χ4v) is 2.91. The number of hydrogen-bond donors (Lipinski definition) is 1. The molecule has 0 aliphatic heterocycles. The van der Waals surface area contributed by atoms with Crippen LogP contribution >= 0.6 is 11.3 Å². The molecule has 0 saturated carbocycles. The van der Waals surface area contributed by atoms with Crippen LogP contribution in [0.15, 0.2) is 36.7 Å². The highest BCUT2D eigenvalue weighted by Gasteiger charge is 2.11. The first-order valence-electron chi connectivity index (χ1n) is 6.42. The number of hydrogen-bond acceptors (Lipinski definition) is 4. The molecular formula is C15H13N3O2S. The van der Waals surface area contributed by atoms with Gasteiger partial charge in [-0.05, 0) is 13.0 Å². The summed E-state index contributed by atoms with van der Waals surface area (Å²) in [5.74, 6) is -0.164. The van der Waals surface area contributed by atoms with Crippen molar-refractivity contribution < 1.29 is 9.59 Å². The lowest BCUT2D eigenvalue weighted by atomic mass is 10.2. The summed E-state index contributed by atoms with van der Waals surface area (Å²) in [5, 5.41) is 4.20. The van der Waals surface area contributed by atoms with Gasteiger partial charge in [0.15, 0.2) is 11.4 Å². The van der Waals surface area contributed by atoms with E-state index in [0.29, 0.717) is 10.7 Å². The number of aryl methyl sites for hydroxylation is 1. The molecule has 2 heterocycles. The maximum Gasteiger partial charge on any atom is 0.246 e. The molecule has 0 spiro atoms. The molecule has 3 rings (SSSR count). The van der Waals surface area contributed by atoms with E-state index in [0.717, 1.165) is 22.1 Å². The average Bonchev–Trinajstić information content (AvgIpc) is 3.03. The maximum atomic E-state index is 12.1. The topological polar surface area (TPSA) is 64.0 Å². The fraction of sp³-hybridized carbons (Fsp3) is 0.133. The van der Waals surface area contributed by atoms with Crippen molar-refractivity contribution in [1.82, 2.24) is 9.55 Å². The summed E-state index contributed by atoms with van der Waals surface area (Å²) in [6, 6.07) is 7.52. The van der Waals surface area contributed by atoms with E-state index in [1.165, 1.54) is 11.3 Å². The van der Waals surface area contributed by atoms with Crippen LogP contribution in [0.25, 0.3) is 10.9 Å². The highest BCUT2D eigenvalue weighted by molar-refractivity contribution is 7.15. The number of rotatable bonds is 4. The second-order valence-electron chi connectivity index (χ2n) is 4.67. The molecule has 0 saturated heterocycles. The van der Waals surface area contributed by atoms with Crippen LogP contribution in [0.5, 0.6) is 0 Å². The molecule has 0 fully saturated rings. The van der Waals surface area contributed by atoms with Crippen LogP contribution in [0.3, 0.4) is 0 Å². The van der Waals surface area contributed by atoms with Gasteiger partial charge in [-0.1, -0.05) is 18.2 Å². The minimum atomic E-state index is -0.164. The number of nitrogens with one attached hydrogen (secondary N) is 1. The first-order valence-corrected chi connectivity index (χ1v) is 7.24. The Hall–Kier alpha value is -2.47. The Bertz CT molecular complexity index is 819. The number of nitrogens with zero attached hydrogens (tertiary/aromatic N) is 2. The van der Waals surface area contributed by atoms with Gasteiger partial charge in [0.05, 0.1) is 0 Å². The summed E-state index contributed by atoms with van der Waals surface area (Å²) in [5.41, 5.74) is 1.45. The molecule has 0 unspecified atom stereocenters. The molecule has 0 aliphatic carbocycles. The van der Waals surface area contributed by atoms with Gasteiger partial charge in [0, 0.05) is 33.7 Å². The first kappa shape index (κ1) is 13.5. The standard InChI is InChI=1S/C15H13N3O2S/c1-10-6-16-15(21-10)17-14(20)8-18-7-11(9-19)12-4-2-3-5-13(12)18/h2-7,9H,8H2,1H3,(H,16,17,20). The van der Waals surface area contributed by atoms with Crippen molar-refractivity contribution in [3.63, 3.8) is 0 Å². The molecule has 0 bridgehead atoms. The molecule has 3 aromatic rings. The van der Waals surface area contributed by atoms with Crippen molar-refractivity contribution in [3.05, 3.63) is 47.1 Å². The fourth-order valence-electron chi connectivity index (χ4n) is 2.23. The Kier molecular flexibility index (Phi) is 3.53. The third-order valence-electron chi connectivity index (χ3n) is 3.13. The van der Waals surface area contributed by atoms with Crippen LogP contribution in [0, 0.1) is 6.92 Å². The summed E-state index contributed by atoms with van der Waals surface area (Å²) in [6.07, 6.45) is 4.22. The van der Waals surface area contributed by atoms with Gasteiger partial charge in [-0.2, -0.15) is 0 Å². The van der Waals surface area contributed by atoms with Crippen molar-refractivity contribution in [3.8, 4) is 0 Å². The lowest BCUT2D eigenvalue weighted by Gasteiger charge is -2.04. The van der Waals surface area contributed by atoms with Crippen molar-refractivity contribution in [2.75, 3.05) is 5.32 Å². The molecule has 1 amide bonds. The van der Waals surface area contributed by atoms with Crippen molar-refractivity contribution in [1.29, 1.82) is 0 Å². The molecule has 0 atom stereocenters. The molecule has 106 valence electrons. The number of thiazole rings is 1. The molecule has 0 radical (unpaired) electrons. The zero-order valence-corrected chi connectivity index (χ0v) is 12.2. The molecule has 1 N–H and O–H groups in total. The number of amides is 1. The second-order valence-corrected chi connectivity index (χ2v) is 5.91. The minimum absolute atomic E-state index is 0.146. The van der Waals surface area contributed by atoms with Gasteiger partial charge in [0.2, 0.25) is 5.91 Å². The van der Waals surface area contributed by atoms with E-state index in [1.54, 1.807) is 17.0 Å². The van der Waals surface area contributed by atoms with Gasteiger partial charge in [-0.25, -0.2) is 4.98 Å². The minimum Gasteiger partial charge on any atom is -0.337 e. The summed E-state index contributed by atoms with van der Waals surface area (Å²) >= 11 is 1.43. The Morgan fingerprint density at radius 1 is 1.43 bits per heavy atom. The Labute approximate surface area is 125 Å². The first-order chi connectivity index (χ1) is 10.2. The highest BCUT2D eigenvalue weighted by Crippen LogP contribution is 2.20. The lowest BCUT2D eigenvalue weighted by Crippen LogP contribution is -2.18. The normalized spacial score (nSPS) is 10.7. The number of aldehydes is 1. The van der Waals surface area contributed by atoms with E-state index in [-0.39, 0.29) is 12.5 Å². The number of para-hydroxylation sites is 1. The van der Waals surface area contributed by atoms with Crippen LogP contribution in [-0.4, -0.2) is 21.7 Å². The smallest absolute Gasteiger partial charge is 0.246 e. The molecule has 6 heteroatoms. The van der Waals surface area contributed by atoms with Gasteiger partial charge in [0.25, 0.3) is 0 Å². The third-order valence-corrected chi connectivity index (χ3v) is 3.96. The summed E-state index contributed by atoms with van der Waals surface area (Å²) in [6.45, 7) is 2.08. The van der Waals surface area contributed by atoms with Gasteiger partial charge in [0.1, 0.15) is 6.54 Å². The predicted molar refractivity (Wildman–Crippen MR) is 82.8 cm³/mol. The number of aromatic nitrogens is 2. The summed E-state index contributed by atoms with van der Waals surface area (Å²) in [7, 11) is 0. The SMILES string of the molecule is Cc1cnc(NC(=O)Cn2cc(C=O)c3ccccc32)s1. The molecule has 5 nitrogen and oxygen atoms in total. The number of carbonyl (C=O) groups excluding carboxylic acids is 2. The van der Waals surface area contributed by atoms with E-state index >= 15 is 0 Å². The number of benzene rings is 1. The maximum absolute atomic E-state index is 12.1. The zero-order valence-electron chi connectivity index (χ0n) is 11.4. The lowest BCUT2D eigenvalue weighted by molar-refractivity contribution is -0.116. The van der Waals surface area contributed by atoms with Gasteiger partial charge in [-0.3, -0.25) is 9.59 Å². The monoisotopic (exact) mass is 299 g/mol. The molecule has 0 aliphatic rings. The Morgan fingerprint density at radius 3 is 2.95 bits per heavy atom. The Balaban J connectivity index is 1.84. The largest absolute Gasteiger partial charge is 0.337 e. The highest BCUT2D eigenvalue weighted by atomic mass is 32.1. The van der Waals surface area contributed by atoms with E-state index < -0.39 is 0 Å². The molecule has 1 aromatic carbocycles. The van der Waals surface area contributed by atoms with Gasteiger partial charge >= 0.3 is 0 Å². The number of carbonyl (C=O) groups is 2. The van der Waals surface area contributed by atoms with Crippen molar-refractivity contribution in [2.45, 2.75) is 13.5 Å². The van der Waals surface area contributed by atoms with E-state index in [1.807, 2.05) is 31.2 Å². The molecule has 2 aromatic heterocycles. The predicted octanol–water partition coefficient (Wildman–Crippen LogP) is 2.86. The van der Waals surface area contributed by atoms with Crippen molar-refractivity contribution >= 4 is 39.6 Å². The van der Waals surface area contributed by atoms with E-state index in [2.05, 4.69) is 10.3 Å². The average molecular weight is 299 g/mol. The second kappa shape index (κ2) is 5.49. The molecule has 21 heavy (non-hydrogen) atoms. The van der Waals surface area contributed by atoms with Gasteiger partial charge < -0.3 is 9.88 Å². The van der Waals surface area contributed by atoms with Crippen LogP contribution in [0.1, 0.15) is 15.2 Å². The van der Waals surface area contributed by atoms with Crippen LogP contribution in [0.4, 0.5) is 5.13 Å². The quantitative estimate of drug-likeness (QED) is 0.753. The van der Waals surface area contributed by atoms with Crippen molar-refractivity contribution in [2.24, 2.45) is 0 Å². The summed E-state index contributed by atoms with van der Waals surface area (Å²) < 4.78 is 1.77. The van der Waals surface area contributed by atoms with Crippen LogP contribution in [-0.2, 0) is 11.3 Å². The summed E-state index contributed by atoms with van der Waals surface area (Å²) in [4.78, 5) is 28.3. The third kappa shape index (κ3) is 2.71. The van der Waals surface area contributed by atoms with E-state index in [4.69, 9.17) is 0 Å². The number of anilines is 1. The van der Waals surface area contributed by atoms with Gasteiger partial charge in [-0.15, -0.1) is 11.3 Å².